The molecule has 2 rings (SSSR count). The topological polar surface area (TPSA) is 44.7 Å². The van der Waals surface area contributed by atoms with Crippen LogP contribution in [0.4, 0.5) is 0 Å². The van der Waals surface area contributed by atoms with E-state index in [2.05, 4.69) is 17.3 Å². The molecule has 0 aliphatic carbocycles. The van der Waals surface area contributed by atoms with Gasteiger partial charge in [-0.3, -0.25) is 0 Å². The lowest BCUT2D eigenvalue weighted by Crippen LogP contribution is -2.39. The van der Waals surface area contributed by atoms with E-state index in [1.165, 1.54) is 5.56 Å². The molecule has 0 saturated carbocycles. The summed E-state index contributed by atoms with van der Waals surface area (Å²) < 4.78 is 5.58. The van der Waals surface area contributed by atoms with Crippen molar-refractivity contribution in [2.75, 3.05) is 33.3 Å². The number of nitrogens with zero attached hydrogens (tertiary/aromatic N) is 1. The Bertz CT molecular complexity index is 397. The van der Waals surface area contributed by atoms with E-state index < -0.39 is 6.10 Å². The van der Waals surface area contributed by atoms with Gasteiger partial charge in [-0.05, 0) is 44.6 Å². The van der Waals surface area contributed by atoms with Gasteiger partial charge in [0.25, 0.3) is 0 Å². The highest BCUT2D eigenvalue weighted by molar-refractivity contribution is 5.27. The van der Waals surface area contributed by atoms with Crippen LogP contribution in [0.5, 0.6) is 5.75 Å². The SMILES string of the molecule is Cc1cccc(OCC(O)CNC2CCN(C)C2)c1. The first-order valence-corrected chi connectivity index (χ1v) is 6.93. The maximum atomic E-state index is 9.90. The minimum Gasteiger partial charge on any atom is -0.491 e. The highest BCUT2D eigenvalue weighted by atomic mass is 16.5. The lowest BCUT2D eigenvalue weighted by molar-refractivity contribution is 0.104. The molecule has 1 heterocycles. The van der Waals surface area contributed by atoms with Gasteiger partial charge >= 0.3 is 0 Å². The predicted octanol–water partition coefficient (Wildman–Crippen LogP) is 1.03. The van der Waals surface area contributed by atoms with Crippen LogP contribution >= 0.6 is 0 Å². The number of hydrogen-bond donors (Lipinski definition) is 2. The fourth-order valence-electron chi connectivity index (χ4n) is 2.36. The zero-order valence-corrected chi connectivity index (χ0v) is 11.8. The number of hydrogen-bond acceptors (Lipinski definition) is 4. The van der Waals surface area contributed by atoms with E-state index >= 15 is 0 Å². The first-order chi connectivity index (χ1) is 9.13. The molecule has 1 fully saturated rings. The van der Waals surface area contributed by atoms with E-state index in [0.717, 1.165) is 25.3 Å². The van der Waals surface area contributed by atoms with Crippen molar-refractivity contribution < 1.29 is 9.84 Å². The Labute approximate surface area is 115 Å². The van der Waals surface area contributed by atoms with Crippen LogP contribution < -0.4 is 10.1 Å². The fourth-order valence-corrected chi connectivity index (χ4v) is 2.36. The van der Waals surface area contributed by atoms with Gasteiger partial charge in [0.2, 0.25) is 0 Å². The maximum absolute atomic E-state index is 9.90. The molecule has 4 nitrogen and oxygen atoms in total. The smallest absolute Gasteiger partial charge is 0.119 e. The number of benzene rings is 1. The second-order valence-electron chi connectivity index (χ2n) is 5.44. The third kappa shape index (κ3) is 4.82. The summed E-state index contributed by atoms with van der Waals surface area (Å²) in [6.07, 6.45) is 0.688. The van der Waals surface area contributed by atoms with Crippen LogP contribution in [0.15, 0.2) is 24.3 Å². The summed E-state index contributed by atoms with van der Waals surface area (Å²) in [6, 6.07) is 8.38. The molecule has 2 atom stereocenters. The zero-order chi connectivity index (χ0) is 13.7. The van der Waals surface area contributed by atoms with E-state index in [-0.39, 0.29) is 0 Å². The van der Waals surface area contributed by atoms with E-state index in [1.54, 1.807) is 0 Å². The van der Waals surface area contributed by atoms with Crippen molar-refractivity contribution in [2.45, 2.75) is 25.5 Å². The largest absolute Gasteiger partial charge is 0.491 e. The van der Waals surface area contributed by atoms with Gasteiger partial charge in [0.05, 0.1) is 0 Å². The molecule has 0 amide bonds. The van der Waals surface area contributed by atoms with Crippen LogP contribution in [-0.2, 0) is 0 Å². The Morgan fingerprint density at radius 2 is 2.37 bits per heavy atom. The first-order valence-electron chi connectivity index (χ1n) is 6.93. The minimum atomic E-state index is -0.466. The van der Waals surface area contributed by atoms with Gasteiger partial charge in [0.15, 0.2) is 0 Å². The number of aliphatic hydroxyl groups excluding tert-OH is 1. The summed E-state index contributed by atoms with van der Waals surface area (Å²) in [5.41, 5.74) is 1.17. The van der Waals surface area contributed by atoms with Crippen LogP contribution in [0.1, 0.15) is 12.0 Å². The summed E-state index contributed by atoms with van der Waals surface area (Å²) in [6.45, 7) is 5.14. The summed E-state index contributed by atoms with van der Waals surface area (Å²) in [4.78, 5) is 2.30. The summed E-state index contributed by atoms with van der Waals surface area (Å²) in [5.74, 6) is 0.819. The molecule has 1 aromatic rings. The van der Waals surface area contributed by atoms with Gasteiger partial charge < -0.3 is 20.1 Å². The van der Waals surface area contributed by atoms with Crippen molar-refractivity contribution in [1.29, 1.82) is 0 Å². The van der Waals surface area contributed by atoms with Crippen LogP contribution in [0.3, 0.4) is 0 Å². The Hall–Kier alpha value is -1.10. The number of rotatable bonds is 6. The summed E-state index contributed by atoms with van der Waals surface area (Å²) >= 11 is 0. The molecule has 2 N–H and O–H groups in total. The van der Waals surface area contributed by atoms with E-state index in [1.807, 2.05) is 31.2 Å². The van der Waals surface area contributed by atoms with E-state index in [4.69, 9.17) is 4.74 Å². The molecule has 106 valence electrons. The summed E-state index contributed by atoms with van der Waals surface area (Å²) in [7, 11) is 2.12. The maximum Gasteiger partial charge on any atom is 0.119 e. The number of likely N-dealkylation sites (tertiary alicyclic amines) is 1. The highest BCUT2D eigenvalue weighted by Crippen LogP contribution is 2.12. The molecule has 0 aromatic heterocycles. The number of aliphatic hydroxyl groups is 1. The monoisotopic (exact) mass is 264 g/mol. The molecule has 2 unspecified atom stereocenters. The van der Waals surface area contributed by atoms with Crippen molar-refractivity contribution in [3.63, 3.8) is 0 Å². The zero-order valence-electron chi connectivity index (χ0n) is 11.8. The Kier molecular flexibility index (Phi) is 5.19. The molecule has 1 aliphatic rings. The number of likely N-dealkylation sites (N-methyl/N-ethyl adjacent to an activating group) is 1. The molecule has 1 saturated heterocycles. The first kappa shape index (κ1) is 14.3. The average molecular weight is 264 g/mol. The number of aryl methyl sites for hydroxylation is 1. The van der Waals surface area contributed by atoms with Crippen molar-refractivity contribution in [3.8, 4) is 5.75 Å². The third-order valence-electron chi connectivity index (χ3n) is 3.47. The normalized spacial score (nSPS) is 21.5. The molecule has 0 bridgehead atoms. The van der Waals surface area contributed by atoms with Gasteiger partial charge in [-0.15, -0.1) is 0 Å². The highest BCUT2D eigenvalue weighted by Gasteiger charge is 2.19. The molecule has 1 aromatic carbocycles. The Morgan fingerprint density at radius 1 is 1.53 bits per heavy atom. The van der Waals surface area contributed by atoms with Crippen molar-refractivity contribution in [1.82, 2.24) is 10.2 Å². The van der Waals surface area contributed by atoms with Gasteiger partial charge in [0, 0.05) is 19.1 Å². The summed E-state index contributed by atoms with van der Waals surface area (Å²) in [5, 5.41) is 13.3. The van der Waals surface area contributed by atoms with Crippen LogP contribution in [0.2, 0.25) is 0 Å². The van der Waals surface area contributed by atoms with Gasteiger partial charge in [-0.2, -0.15) is 0 Å². The predicted molar refractivity (Wildman–Crippen MR) is 76.6 cm³/mol. The third-order valence-corrected chi connectivity index (χ3v) is 3.47. The minimum absolute atomic E-state index is 0.332. The molecule has 1 aliphatic heterocycles. The van der Waals surface area contributed by atoms with Gasteiger partial charge in [-0.25, -0.2) is 0 Å². The molecular weight excluding hydrogens is 240 g/mol. The quantitative estimate of drug-likeness (QED) is 0.805. The molecule has 0 spiro atoms. The van der Waals surface area contributed by atoms with Crippen LogP contribution in [-0.4, -0.2) is 55.4 Å². The molecule has 19 heavy (non-hydrogen) atoms. The van der Waals surface area contributed by atoms with Crippen molar-refractivity contribution in [3.05, 3.63) is 29.8 Å². The second kappa shape index (κ2) is 6.89. The molecular formula is C15H24N2O2. The van der Waals surface area contributed by atoms with Crippen LogP contribution in [0, 0.1) is 6.92 Å². The van der Waals surface area contributed by atoms with Crippen molar-refractivity contribution in [2.24, 2.45) is 0 Å². The van der Waals surface area contributed by atoms with E-state index in [0.29, 0.717) is 19.2 Å². The lowest BCUT2D eigenvalue weighted by atomic mass is 10.2. The van der Waals surface area contributed by atoms with Gasteiger partial charge in [0.1, 0.15) is 18.5 Å². The number of ether oxygens (including phenoxy) is 1. The fraction of sp³-hybridized carbons (Fsp3) is 0.600. The second-order valence-corrected chi connectivity index (χ2v) is 5.44. The average Bonchev–Trinajstić information content (AvgIpc) is 2.80. The Balaban J connectivity index is 1.65. The van der Waals surface area contributed by atoms with Crippen LogP contribution in [0.25, 0.3) is 0 Å². The lowest BCUT2D eigenvalue weighted by Gasteiger charge is -2.17. The molecule has 0 radical (unpaired) electrons. The molecule has 4 heteroatoms. The van der Waals surface area contributed by atoms with E-state index in [9.17, 15) is 5.11 Å². The standard InChI is InChI=1S/C15H24N2O2/c1-12-4-3-5-15(8-12)19-11-14(18)9-16-13-6-7-17(2)10-13/h3-5,8,13-14,16,18H,6-7,9-11H2,1-2H3. The van der Waals surface area contributed by atoms with Gasteiger partial charge in [-0.1, -0.05) is 12.1 Å². The Morgan fingerprint density at radius 3 is 3.05 bits per heavy atom. The number of nitrogens with one attached hydrogen (secondary N) is 1. The van der Waals surface area contributed by atoms with Crippen molar-refractivity contribution >= 4 is 0 Å².